The molecule has 0 amide bonds. The Balaban J connectivity index is 2.33. The molecule has 0 aliphatic carbocycles. The van der Waals surface area contributed by atoms with Gasteiger partial charge in [0.05, 0.1) is 16.7 Å². The molecule has 34 heavy (non-hydrogen) atoms. The van der Waals surface area contributed by atoms with Crippen molar-refractivity contribution in [2.45, 2.75) is 58.3 Å². The van der Waals surface area contributed by atoms with Gasteiger partial charge in [-0.25, -0.2) is 0 Å². The van der Waals surface area contributed by atoms with Crippen LogP contribution >= 0.6 is 0 Å². The predicted octanol–water partition coefficient (Wildman–Crippen LogP) is 7.66. The molecule has 0 radical (unpaired) electrons. The van der Waals surface area contributed by atoms with Gasteiger partial charge >= 0.3 is 18.5 Å². The largest absolute Gasteiger partial charge is 0.416 e. The molecule has 1 N–H and O–H groups in total. The zero-order valence-corrected chi connectivity index (χ0v) is 18.6. The Bertz CT molecular complexity index is 915. The summed E-state index contributed by atoms with van der Waals surface area (Å²) in [6.45, 7) is 4.33. The molecule has 0 aliphatic rings. The number of nitrogens with zero attached hydrogens (tertiary/aromatic N) is 1. The molecule has 2 aromatic rings. The Labute approximate surface area is 191 Å². The van der Waals surface area contributed by atoms with E-state index < -0.39 is 41.8 Å². The van der Waals surface area contributed by atoms with Gasteiger partial charge in [0.25, 0.3) is 0 Å². The number of rotatable bonds is 9. The lowest BCUT2D eigenvalue weighted by atomic mass is 10.0. The van der Waals surface area contributed by atoms with Gasteiger partial charge < -0.3 is 10.2 Å². The van der Waals surface area contributed by atoms with Crippen LogP contribution in [0.1, 0.15) is 54.5 Å². The van der Waals surface area contributed by atoms with Gasteiger partial charge in [0.2, 0.25) is 0 Å². The van der Waals surface area contributed by atoms with Gasteiger partial charge in [0.15, 0.2) is 0 Å². The van der Waals surface area contributed by atoms with E-state index in [0.29, 0.717) is 30.9 Å². The smallest absolute Gasteiger partial charge is 0.372 e. The van der Waals surface area contributed by atoms with Crippen LogP contribution in [-0.4, -0.2) is 13.1 Å². The van der Waals surface area contributed by atoms with Crippen molar-refractivity contribution < 1.29 is 39.5 Å². The predicted molar refractivity (Wildman–Crippen MR) is 111 cm³/mol. The number of hydrogen-bond donors (Lipinski definition) is 1. The summed E-state index contributed by atoms with van der Waals surface area (Å²) in [4.78, 5) is 1.88. The molecule has 0 fully saturated rings. The van der Waals surface area contributed by atoms with E-state index in [9.17, 15) is 39.5 Å². The van der Waals surface area contributed by atoms with Crippen LogP contribution in [-0.2, 0) is 31.6 Å². The van der Waals surface area contributed by atoms with Gasteiger partial charge in [0.1, 0.15) is 0 Å². The van der Waals surface area contributed by atoms with Crippen molar-refractivity contribution in [3.63, 3.8) is 0 Å². The Hall–Kier alpha value is -2.43. The van der Waals surface area contributed by atoms with Crippen molar-refractivity contribution in [2.75, 3.05) is 18.0 Å². The molecule has 0 bridgehead atoms. The van der Waals surface area contributed by atoms with Crippen molar-refractivity contribution >= 4 is 5.69 Å². The highest BCUT2D eigenvalue weighted by molar-refractivity contribution is 5.55. The van der Waals surface area contributed by atoms with Crippen molar-refractivity contribution in [2.24, 2.45) is 0 Å². The standard InChI is InChI=1S/C23H25F9N2/c1-3-5-8-34(4-2)20-7-6-17(21(24,25)26)11-16(20)14-33-13-15-9-18(22(27,28)29)12-19(10-15)23(30,31)32/h6-7,9-12,33H,3-5,8,13-14H2,1-2H3. The van der Waals surface area contributed by atoms with Crippen molar-refractivity contribution in [3.8, 4) is 0 Å². The number of nitrogens with one attached hydrogen (secondary N) is 1. The average Bonchev–Trinajstić information content (AvgIpc) is 2.72. The molecule has 0 spiro atoms. The van der Waals surface area contributed by atoms with Crippen LogP contribution in [0.15, 0.2) is 36.4 Å². The van der Waals surface area contributed by atoms with E-state index in [4.69, 9.17) is 0 Å². The lowest BCUT2D eigenvalue weighted by molar-refractivity contribution is -0.143. The van der Waals surface area contributed by atoms with E-state index in [1.165, 1.54) is 6.07 Å². The first-order valence-corrected chi connectivity index (χ1v) is 10.6. The highest BCUT2D eigenvalue weighted by Crippen LogP contribution is 2.37. The van der Waals surface area contributed by atoms with Crippen molar-refractivity contribution in [1.29, 1.82) is 0 Å². The summed E-state index contributed by atoms with van der Waals surface area (Å²) in [7, 11) is 0. The number of unbranched alkanes of at least 4 members (excludes halogenated alkanes) is 1. The van der Waals surface area contributed by atoms with E-state index in [-0.39, 0.29) is 23.7 Å². The van der Waals surface area contributed by atoms with Gasteiger partial charge in [-0.1, -0.05) is 13.3 Å². The van der Waals surface area contributed by atoms with Gasteiger partial charge in [-0.2, -0.15) is 39.5 Å². The van der Waals surface area contributed by atoms with Crippen LogP contribution in [0.2, 0.25) is 0 Å². The summed E-state index contributed by atoms with van der Waals surface area (Å²) in [5.74, 6) is 0. The first-order valence-electron chi connectivity index (χ1n) is 10.6. The Morgan fingerprint density at radius 3 is 1.74 bits per heavy atom. The fraction of sp³-hybridized carbons (Fsp3) is 0.478. The van der Waals surface area contributed by atoms with Gasteiger partial charge in [-0.15, -0.1) is 0 Å². The van der Waals surface area contributed by atoms with Crippen LogP contribution in [0.4, 0.5) is 45.2 Å². The molecule has 0 aromatic heterocycles. The molecule has 0 heterocycles. The molecule has 2 rings (SSSR count). The molecule has 0 atom stereocenters. The normalized spacial score (nSPS) is 12.8. The summed E-state index contributed by atoms with van der Waals surface area (Å²) in [5.41, 5.74) is -3.30. The highest BCUT2D eigenvalue weighted by atomic mass is 19.4. The zero-order valence-electron chi connectivity index (χ0n) is 18.6. The van der Waals surface area contributed by atoms with E-state index >= 15 is 0 Å². The van der Waals surface area contributed by atoms with E-state index in [1.54, 1.807) is 0 Å². The first-order chi connectivity index (χ1) is 15.7. The third-order valence-electron chi connectivity index (χ3n) is 5.20. The monoisotopic (exact) mass is 500 g/mol. The first kappa shape index (κ1) is 27.8. The number of benzene rings is 2. The topological polar surface area (TPSA) is 15.3 Å². The maximum absolute atomic E-state index is 13.2. The summed E-state index contributed by atoms with van der Waals surface area (Å²) >= 11 is 0. The zero-order chi connectivity index (χ0) is 25.7. The lowest BCUT2D eigenvalue weighted by Crippen LogP contribution is -2.26. The van der Waals surface area contributed by atoms with Gasteiger partial charge in [0, 0.05) is 31.9 Å². The van der Waals surface area contributed by atoms with Crippen LogP contribution in [0, 0.1) is 0 Å². The van der Waals surface area contributed by atoms with Crippen molar-refractivity contribution in [1.82, 2.24) is 5.32 Å². The summed E-state index contributed by atoms with van der Waals surface area (Å²) in [6.07, 6.45) is -12.9. The molecule has 0 saturated heterocycles. The third-order valence-corrected chi connectivity index (χ3v) is 5.20. The van der Waals surface area contributed by atoms with Crippen molar-refractivity contribution in [3.05, 3.63) is 64.2 Å². The third kappa shape index (κ3) is 7.54. The minimum absolute atomic E-state index is 0.0290. The van der Waals surface area contributed by atoms with Gasteiger partial charge in [-0.3, -0.25) is 0 Å². The lowest BCUT2D eigenvalue weighted by Gasteiger charge is -2.27. The number of halogens is 9. The molecule has 11 heteroatoms. The molecule has 2 nitrogen and oxygen atoms in total. The fourth-order valence-electron chi connectivity index (χ4n) is 3.47. The van der Waals surface area contributed by atoms with E-state index in [0.717, 1.165) is 25.0 Å². The Morgan fingerprint density at radius 1 is 0.706 bits per heavy atom. The second-order valence-corrected chi connectivity index (χ2v) is 7.79. The molecule has 190 valence electrons. The number of anilines is 1. The van der Waals surface area contributed by atoms with Crippen LogP contribution in [0.3, 0.4) is 0 Å². The second kappa shape index (κ2) is 10.9. The van der Waals surface area contributed by atoms with Gasteiger partial charge in [-0.05, 0) is 60.9 Å². The molecule has 0 saturated carbocycles. The molecule has 0 aliphatic heterocycles. The summed E-state index contributed by atoms with van der Waals surface area (Å²) < 4.78 is 118. The Morgan fingerprint density at radius 2 is 1.26 bits per heavy atom. The summed E-state index contributed by atoms with van der Waals surface area (Å²) in [5, 5.41) is 2.70. The average molecular weight is 500 g/mol. The maximum atomic E-state index is 13.2. The van der Waals surface area contributed by atoms with Crippen LogP contribution in [0.25, 0.3) is 0 Å². The molecular formula is C23H25F9N2. The second-order valence-electron chi connectivity index (χ2n) is 7.79. The minimum atomic E-state index is -4.98. The Kier molecular flexibility index (Phi) is 8.90. The van der Waals surface area contributed by atoms with Crippen LogP contribution in [0.5, 0.6) is 0 Å². The maximum Gasteiger partial charge on any atom is 0.416 e. The van der Waals surface area contributed by atoms with E-state index in [1.807, 2.05) is 18.7 Å². The van der Waals surface area contributed by atoms with Crippen LogP contribution < -0.4 is 10.2 Å². The SMILES string of the molecule is CCCCN(CC)c1ccc(C(F)(F)F)cc1CNCc1cc(C(F)(F)F)cc(C(F)(F)F)c1. The molecule has 2 aromatic carbocycles. The van der Waals surface area contributed by atoms with E-state index in [2.05, 4.69) is 5.32 Å². The quantitative estimate of drug-likeness (QED) is 0.356. The molecule has 0 unspecified atom stereocenters. The summed E-state index contributed by atoms with van der Waals surface area (Å²) in [6, 6.07) is 4.45. The molecular weight excluding hydrogens is 475 g/mol. The minimum Gasteiger partial charge on any atom is -0.372 e. The highest BCUT2D eigenvalue weighted by Gasteiger charge is 2.37. The number of alkyl halides is 9. The number of hydrogen-bond acceptors (Lipinski definition) is 2. The fourth-order valence-corrected chi connectivity index (χ4v) is 3.47.